The maximum Gasteiger partial charge on any atom is 0.406 e. The van der Waals surface area contributed by atoms with Gasteiger partial charge in [0.05, 0.1) is 11.7 Å². The molecule has 6 nitrogen and oxygen atoms in total. The number of carbonyl (C=O) groups excluding carboxylic acids is 1. The standard InChI is InChI=1S/C12H14F3N3O3/c1-8(9-4-2-3-5-16-9)17-11(21)18(6-10(19)20)7-12(13,14)15/h2-5,8H,6-7H2,1H3,(H,17,21)(H,19,20). The third kappa shape index (κ3) is 6.11. The molecule has 0 aromatic carbocycles. The van der Waals surface area contributed by atoms with E-state index in [1.54, 1.807) is 18.2 Å². The molecule has 1 aromatic heterocycles. The van der Waals surface area contributed by atoms with Crippen LogP contribution in [0.4, 0.5) is 18.0 Å². The van der Waals surface area contributed by atoms with Crippen LogP contribution in [0.1, 0.15) is 18.7 Å². The molecule has 1 rings (SSSR count). The number of halogens is 3. The number of carboxylic acids is 1. The van der Waals surface area contributed by atoms with Gasteiger partial charge in [-0.15, -0.1) is 0 Å². The lowest BCUT2D eigenvalue weighted by Gasteiger charge is -2.24. The van der Waals surface area contributed by atoms with E-state index in [1.807, 2.05) is 0 Å². The first-order chi connectivity index (χ1) is 9.69. The highest BCUT2D eigenvalue weighted by Gasteiger charge is 2.34. The van der Waals surface area contributed by atoms with Gasteiger partial charge in [-0.2, -0.15) is 13.2 Å². The Morgan fingerprint density at radius 2 is 2.10 bits per heavy atom. The van der Waals surface area contributed by atoms with Crippen molar-refractivity contribution in [3.8, 4) is 0 Å². The highest BCUT2D eigenvalue weighted by molar-refractivity contribution is 5.80. The minimum atomic E-state index is -4.68. The number of amides is 2. The van der Waals surface area contributed by atoms with E-state index < -0.39 is 37.3 Å². The second-order valence-corrected chi connectivity index (χ2v) is 4.29. The van der Waals surface area contributed by atoms with Crippen LogP contribution >= 0.6 is 0 Å². The molecule has 0 aliphatic rings. The summed E-state index contributed by atoms with van der Waals surface area (Å²) in [6.45, 7) is -1.15. The van der Waals surface area contributed by atoms with Gasteiger partial charge in [-0.25, -0.2) is 4.79 Å². The van der Waals surface area contributed by atoms with Crippen LogP contribution in [0.5, 0.6) is 0 Å². The van der Waals surface area contributed by atoms with E-state index >= 15 is 0 Å². The van der Waals surface area contributed by atoms with Crippen molar-refractivity contribution in [3.05, 3.63) is 30.1 Å². The van der Waals surface area contributed by atoms with Gasteiger partial charge in [0.15, 0.2) is 0 Å². The molecule has 9 heteroatoms. The van der Waals surface area contributed by atoms with Crippen LogP contribution in [0.25, 0.3) is 0 Å². The summed E-state index contributed by atoms with van der Waals surface area (Å²) in [6.07, 6.45) is -3.20. The van der Waals surface area contributed by atoms with E-state index in [4.69, 9.17) is 5.11 Å². The van der Waals surface area contributed by atoms with Crippen molar-refractivity contribution in [1.29, 1.82) is 0 Å². The number of urea groups is 1. The molecule has 2 N–H and O–H groups in total. The van der Waals surface area contributed by atoms with Crippen molar-refractivity contribution in [2.24, 2.45) is 0 Å². The molecule has 21 heavy (non-hydrogen) atoms. The van der Waals surface area contributed by atoms with Gasteiger partial charge in [-0.05, 0) is 19.1 Å². The number of nitrogens with zero attached hydrogens (tertiary/aromatic N) is 2. The molecule has 116 valence electrons. The summed E-state index contributed by atoms with van der Waals surface area (Å²) in [5.41, 5.74) is 0.452. The molecule has 0 radical (unpaired) electrons. The molecule has 2 amide bonds. The minimum Gasteiger partial charge on any atom is -0.480 e. The Bertz CT molecular complexity index is 494. The fourth-order valence-electron chi connectivity index (χ4n) is 1.56. The van der Waals surface area contributed by atoms with Gasteiger partial charge in [0, 0.05) is 6.20 Å². The van der Waals surface area contributed by atoms with Gasteiger partial charge >= 0.3 is 18.2 Å². The molecular formula is C12H14F3N3O3. The maximum atomic E-state index is 12.3. The number of nitrogens with one attached hydrogen (secondary N) is 1. The summed E-state index contributed by atoms with van der Waals surface area (Å²) in [4.78, 5) is 26.5. The van der Waals surface area contributed by atoms with Gasteiger partial charge in [-0.3, -0.25) is 9.78 Å². The first-order valence-corrected chi connectivity index (χ1v) is 5.94. The molecular weight excluding hydrogens is 291 g/mol. The molecule has 0 spiro atoms. The second kappa shape index (κ2) is 6.91. The highest BCUT2D eigenvalue weighted by Crippen LogP contribution is 2.17. The number of hydrogen-bond acceptors (Lipinski definition) is 3. The number of carbonyl (C=O) groups is 2. The lowest BCUT2D eigenvalue weighted by molar-refractivity contribution is -0.149. The minimum absolute atomic E-state index is 0.182. The van der Waals surface area contributed by atoms with E-state index in [0.29, 0.717) is 5.69 Å². The van der Waals surface area contributed by atoms with Crippen molar-refractivity contribution in [1.82, 2.24) is 15.2 Å². The first-order valence-electron chi connectivity index (χ1n) is 5.94. The van der Waals surface area contributed by atoms with Crippen LogP contribution in [-0.4, -0.2) is 46.3 Å². The SMILES string of the molecule is CC(NC(=O)N(CC(=O)O)CC(F)(F)F)c1ccccn1. The Morgan fingerprint density at radius 1 is 1.43 bits per heavy atom. The van der Waals surface area contributed by atoms with Gasteiger partial charge in [-0.1, -0.05) is 6.07 Å². The van der Waals surface area contributed by atoms with Crippen LogP contribution in [-0.2, 0) is 4.79 Å². The Morgan fingerprint density at radius 3 is 2.57 bits per heavy atom. The van der Waals surface area contributed by atoms with Crippen LogP contribution < -0.4 is 5.32 Å². The molecule has 0 aliphatic heterocycles. The lowest BCUT2D eigenvalue weighted by atomic mass is 10.2. The number of rotatable bonds is 5. The Balaban J connectivity index is 2.74. The predicted octanol–water partition coefficient (Wildman–Crippen LogP) is 1.80. The average Bonchev–Trinajstić information content (AvgIpc) is 2.36. The van der Waals surface area contributed by atoms with Crippen molar-refractivity contribution in [2.45, 2.75) is 19.1 Å². The van der Waals surface area contributed by atoms with Crippen LogP contribution in [0.15, 0.2) is 24.4 Å². The monoisotopic (exact) mass is 305 g/mol. The van der Waals surface area contributed by atoms with Crippen molar-refractivity contribution in [3.63, 3.8) is 0 Å². The number of pyridine rings is 1. The normalized spacial score (nSPS) is 12.6. The molecule has 1 heterocycles. The van der Waals surface area contributed by atoms with Gasteiger partial charge in [0.2, 0.25) is 0 Å². The maximum absolute atomic E-state index is 12.3. The number of aliphatic carboxylic acids is 1. The zero-order valence-electron chi connectivity index (χ0n) is 11.1. The molecule has 1 atom stereocenters. The molecule has 0 aliphatic carbocycles. The van der Waals surface area contributed by atoms with Crippen molar-refractivity contribution in [2.75, 3.05) is 13.1 Å². The van der Waals surface area contributed by atoms with Crippen molar-refractivity contribution >= 4 is 12.0 Å². The Labute approximate surface area is 118 Å². The van der Waals surface area contributed by atoms with Crippen LogP contribution in [0.3, 0.4) is 0 Å². The Hall–Kier alpha value is -2.32. The molecule has 1 unspecified atom stereocenters. The third-order valence-electron chi connectivity index (χ3n) is 2.45. The van der Waals surface area contributed by atoms with Crippen LogP contribution in [0, 0.1) is 0 Å². The van der Waals surface area contributed by atoms with Gasteiger partial charge in [0.1, 0.15) is 13.1 Å². The van der Waals surface area contributed by atoms with Gasteiger partial charge in [0.25, 0.3) is 0 Å². The van der Waals surface area contributed by atoms with Crippen LogP contribution in [0.2, 0.25) is 0 Å². The third-order valence-corrected chi connectivity index (χ3v) is 2.45. The van der Waals surface area contributed by atoms with E-state index in [-0.39, 0.29) is 4.90 Å². The summed E-state index contributed by atoms with van der Waals surface area (Å²) in [5.74, 6) is -1.53. The first kappa shape index (κ1) is 16.7. The predicted molar refractivity (Wildman–Crippen MR) is 66.4 cm³/mol. The molecule has 0 bridgehead atoms. The topological polar surface area (TPSA) is 82.5 Å². The van der Waals surface area contributed by atoms with E-state index in [2.05, 4.69) is 10.3 Å². The fourth-order valence-corrected chi connectivity index (χ4v) is 1.56. The fraction of sp³-hybridized carbons (Fsp3) is 0.417. The molecule has 0 saturated carbocycles. The van der Waals surface area contributed by atoms with Gasteiger partial charge < -0.3 is 15.3 Å². The largest absolute Gasteiger partial charge is 0.480 e. The molecule has 0 saturated heterocycles. The summed E-state index contributed by atoms with van der Waals surface area (Å²) in [5, 5.41) is 10.9. The number of alkyl halides is 3. The van der Waals surface area contributed by atoms with E-state index in [9.17, 15) is 22.8 Å². The second-order valence-electron chi connectivity index (χ2n) is 4.29. The number of aromatic nitrogens is 1. The number of hydrogen-bond donors (Lipinski definition) is 2. The number of carboxylic acid groups (broad SMARTS) is 1. The Kier molecular flexibility index (Phi) is 5.51. The van der Waals surface area contributed by atoms with E-state index in [0.717, 1.165) is 0 Å². The zero-order valence-corrected chi connectivity index (χ0v) is 11.1. The van der Waals surface area contributed by atoms with Crippen molar-refractivity contribution < 1.29 is 27.9 Å². The highest BCUT2D eigenvalue weighted by atomic mass is 19.4. The lowest BCUT2D eigenvalue weighted by Crippen LogP contribution is -2.47. The molecule has 1 aromatic rings. The molecule has 0 fully saturated rings. The van der Waals surface area contributed by atoms with E-state index in [1.165, 1.54) is 13.1 Å². The summed E-state index contributed by atoms with van der Waals surface area (Å²) >= 11 is 0. The smallest absolute Gasteiger partial charge is 0.406 e. The average molecular weight is 305 g/mol. The summed E-state index contributed by atoms with van der Waals surface area (Å²) in [7, 11) is 0. The quantitative estimate of drug-likeness (QED) is 0.869. The zero-order chi connectivity index (χ0) is 16.0. The summed E-state index contributed by atoms with van der Waals surface area (Å²) < 4.78 is 37.0. The summed E-state index contributed by atoms with van der Waals surface area (Å²) in [6, 6.07) is 3.14.